The van der Waals surface area contributed by atoms with E-state index in [4.69, 9.17) is 10.7 Å². The van der Waals surface area contributed by atoms with E-state index in [1.165, 1.54) is 11.1 Å². The standard InChI is InChI=1S/C17H19N3/c1-13(18)11-16-6-4-10-20(16)12-15-9-8-14-5-2-3-7-17(14)19-15/h2-10,13H,11-12,18H2,1H3. The number of aromatic nitrogens is 2. The van der Waals surface area contributed by atoms with Crippen molar-refractivity contribution in [2.45, 2.75) is 25.9 Å². The first-order valence-corrected chi connectivity index (χ1v) is 6.96. The minimum Gasteiger partial charge on any atom is -0.345 e. The van der Waals surface area contributed by atoms with Gasteiger partial charge in [0.25, 0.3) is 0 Å². The van der Waals surface area contributed by atoms with Gasteiger partial charge in [0.05, 0.1) is 17.8 Å². The third-order valence-corrected chi connectivity index (χ3v) is 3.44. The summed E-state index contributed by atoms with van der Waals surface area (Å²) in [4.78, 5) is 4.72. The molecule has 3 aromatic rings. The van der Waals surface area contributed by atoms with Crippen molar-refractivity contribution in [2.24, 2.45) is 5.73 Å². The first kappa shape index (κ1) is 12.9. The van der Waals surface area contributed by atoms with Crippen LogP contribution in [0.3, 0.4) is 0 Å². The van der Waals surface area contributed by atoms with Gasteiger partial charge in [-0.25, -0.2) is 0 Å². The van der Waals surface area contributed by atoms with Crippen LogP contribution in [0.4, 0.5) is 0 Å². The minimum atomic E-state index is 0.174. The van der Waals surface area contributed by atoms with Crippen molar-refractivity contribution in [3.63, 3.8) is 0 Å². The third kappa shape index (κ3) is 2.73. The number of para-hydroxylation sites is 1. The number of pyridine rings is 1. The molecule has 3 nitrogen and oxygen atoms in total. The fraction of sp³-hybridized carbons (Fsp3) is 0.235. The molecule has 0 fully saturated rings. The molecular formula is C17H19N3. The van der Waals surface area contributed by atoms with E-state index in [1.807, 2.05) is 19.1 Å². The predicted molar refractivity (Wildman–Crippen MR) is 82.6 cm³/mol. The molecule has 1 atom stereocenters. The van der Waals surface area contributed by atoms with Crippen LogP contribution in [0.25, 0.3) is 10.9 Å². The highest BCUT2D eigenvalue weighted by Crippen LogP contribution is 2.14. The monoisotopic (exact) mass is 265 g/mol. The van der Waals surface area contributed by atoms with Gasteiger partial charge in [-0.05, 0) is 31.2 Å². The molecule has 0 radical (unpaired) electrons. The summed E-state index contributed by atoms with van der Waals surface area (Å²) in [5, 5.41) is 1.18. The third-order valence-electron chi connectivity index (χ3n) is 3.44. The van der Waals surface area contributed by atoms with Crippen molar-refractivity contribution < 1.29 is 0 Å². The molecule has 0 aliphatic heterocycles. The maximum Gasteiger partial charge on any atom is 0.0706 e. The van der Waals surface area contributed by atoms with Crippen molar-refractivity contribution in [2.75, 3.05) is 0 Å². The number of fused-ring (bicyclic) bond motifs is 1. The highest BCUT2D eigenvalue weighted by Gasteiger charge is 2.05. The number of hydrogen-bond donors (Lipinski definition) is 1. The quantitative estimate of drug-likeness (QED) is 0.788. The lowest BCUT2D eigenvalue weighted by Crippen LogP contribution is -2.20. The van der Waals surface area contributed by atoms with E-state index in [0.29, 0.717) is 0 Å². The van der Waals surface area contributed by atoms with Gasteiger partial charge in [-0.15, -0.1) is 0 Å². The van der Waals surface area contributed by atoms with Gasteiger partial charge in [0.1, 0.15) is 0 Å². The molecule has 1 unspecified atom stereocenters. The Bertz CT molecular complexity index is 713. The minimum absolute atomic E-state index is 0.174. The lowest BCUT2D eigenvalue weighted by molar-refractivity contribution is 0.661. The first-order valence-electron chi connectivity index (χ1n) is 6.96. The van der Waals surface area contributed by atoms with Crippen molar-refractivity contribution in [1.29, 1.82) is 0 Å². The Kier molecular flexibility index (Phi) is 3.52. The molecule has 3 rings (SSSR count). The van der Waals surface area contributed by atoms with Gasteiger partial charge in [0, 0.05) is 29.7 Å². The Morgan fingerprint density at radius 1 is 1.10 bits per heavy atom. The van der Waals surface area contributed by atoms with Crippen LogP contribution in [-0.4, -0.2) is 15.6 Å². The summed E-state index contributed by atoms with van der Waals surface area (Å²) in [7, 11) is 0. The molecule has 20 heavy (non-hydrogen) atoms. The summed E-state index contributed by atoms with van der Waals surface area (Å²) in [6.45, 7) is 2.82. The van der Waals surface area contributed by atoms with E-state index < -0.39 is 0 Å². The molecule has 0 bridgehead atoms. The molecule has 0 aliphatic carbocycles. The molecule has 3 heteroatoms. The Hall–Kier alpha value is -2.13. The van der Waals surface area contributed by atoms with Crippen molar-refractivity contribution in [1.82, 2.24) is 9.55 Å². The van der Waals surface area contributed by atoms with Crippen LogP contribution in [-0.2, 0) is 13.0 Å². The number of benzene rings is 1. The number of nitrogens with two attached hydrogens (primary N) is 1. The van der Waals surface area contributed by atoms with Crippen LogP contribution in [0, 0.1) is 0 Å². The van der Waals surface area contributed by atoms with E-state index >= 15 is 0 Å². The molecule has 2 heterocycles. The van der Waals surface area contributed by atoms with E-state index in [-0.39, 0.29) is 6.04 Å². The molecule has 1 aromatic carbocycles. The smallest absolute Gasteiger partial charge is 0.0706 e. The first-order chi connectivity index (χ1) is 9.72. The highest BCUT2D eigenvalue weighted by atomic mass is 15.0. The molecule has 2 aromatic heterocycles. The molecule has 0 saturated carbocycles. The normalized spacial score (nSPS) is 12.7. The molecule has 0 aliphatic rings. The van der Waals surface area contributed by atoms with Crippen LogP contribution in [0.1, 0.15) is 18.3 Å². The molecule has 102 valence electrons. The zero-order valence-corrected chi connectivity index (χ0v) is 11.7. The van der Waals surface area contributed by atoms with Crippen molar-refractivity contribution in [3.8, 4) is 0 Å². The Balaban J connectivity index is 1.87. The van der Waals surface area contributed by atoms with Gasteiger partial charge in [-0.1, -0.05) is 24.3 Å². The van der Waals surface area contributed by atoms with E-state index in [1.54, 1.807) is 0 Å². The fourth-order valence-electron chi connectivity index (χ4n) is 2.49. The number of hydrogen-bond acceptors (Lipinski definition) is 2. The van der Waals surface area contributed by atoms with E-state index in [0.717, 1.165) is 24.2 Å². The lowest BCUT2D eigenvalue weighted by Gasteiger charge is -2.11. The van der Waals surface area contributed by atoms with Crippen molar-refractivity contribution in [3.05, 3.63) is 66.1 Å². The highest BCUT2D eigenvalue weighted by molar-refractivity contribution is 5.78. The van der Waals surface area contributed by atoms with Gasteiger partial charge in [0.15, 0.2) is 0 Å². The Morgan fingerprint density at radius 3 is 2.80 bits per heavy atom. The van der Waals surface area contributed by atoms with Gasteiger partial charge < -0.3 is 10.3 Å². The SMILES string of the molecule is CC(N)Cc1cccn1Cc1ccc2ccccc2n1. The van der Waals surface area contributed by atoms with Crippen LogP contribution < -0.4 is 5.73 Å². The average molecular weight is 265 g/mol. The van der Waals surface area contributed by atoms with Crippen LogP contribution in [0.15, 0.2) is 54.7 Å². The summed E-state index contributed by atoms with van der Waals surface area (Å²) in [5.41, 5.74) is 9.27. The Labute approximate surface area is 119 Å². The topological polar surface area (TPSA) is 43.8 Å². The molecular weight excluding hydrogens is 246 g/mol. The second-order valence-electron chi connectivity index (χ2n) is 5.30. The summed E-state index contributed by atoms with van der Waals surface area (Å²) in [6, 6.07) is 16.8. The average Bonchev–Trinajstić information content (AvgIpc) is 2.85. The molecule has 2 N–H and O–H groups in total. The second-order valence-corrected chi connectivity index (χ2v) is 5.30. The Morgan fingerprint density at radius 2 is 1.95 bits per heavy atom. The zero-order valence-electron chi connectivity index (χ0n) is 11.7. The van der Waals surface area contributed by atoms with Gasteiger partial charge >= 0.3 is 0 Å². The fourth-order valence-corrected chi connectivity index (χ4v) is 2.49. The summed E-state index contributed by atoms with van der Waals surface area (Å²) >= 11 is 0. The van der Waals surface area contributed by atoms with Gasteiger partial charge in [-0.2, -0.15) is 0 Å². The van der Waals surface area contributed by atoms with E-state index in [2.05, 4.69) is 47.2 Å². The zero-order chi connectivity index (χ0) is 13.9. The summed E-state index contributed by atoms with van der Waals surface area (Å²) < 4.78 is 2.22. The van der Waals surface area contributed by atoms with Crippen molar-refractivity contribution >= 4 is 10.9 Å². The number of rotatable bonds is 4. The molecule has 0 amide bonds. The molecule has 0 saturated heterocycles. The second kappa shape index (κ2) is 5.47. The molecule has 0 spiro atoms. The van der Waals surface area contributed by atoms with E-state index in [9.17, 15) is 0 Å². The number of nitrogens with zero attached hydrogens (tertiary/aromatic N) is 2. The summed E-state index contributed by atoms with van der Waals surface area (Å²) in [6.07, 6.45) is 2.98. The van der Waals surface area contributed by atoms with Gasteiger partial charge in [-0.3, -0.25) is 4.98 Å². The van der Waals surface area contributed by atoms with Crippen LogP contribution in [0.5, 0.6) is 0 Å². The maximum atomic E-state index is 5.89. The van der Waals surface area contributed by atoms with Crippen LogP contribution >= 0.6 is 0 Å². The largest absolute Gasteiger partial charge is 0.345 e. The predicted octanol–water partition coefficient (Wildman–Crippen LogP) is 2.97. The van der Waals surface area contributed by atoms with Crippen LogP contribution in [0.2, 0.25) is 0 Å². The maximum absolute atomic E-state index is 5.89. The summed E-state index contributed by atoms with van der Waals surface area (Å²) in [5.74, 6) is 0. The van der Waals surface area contributed by atoms with Gasteiger partial charge in [0.2, 0.25) is 0 Å². The lowest BCUT2D eigenvalue weighted by atomic mass is 10.2.